The molecule has 0 fully saturated rings. The molecule has 7 heteroatoms. The lowest BCUT2D eigenvalue weighted by atomic mass is 10.1. The summed E-state index contributed by atoms with van der Waals surface area (Å²) in [5.41, 5.74) is 0.694. The molecule has 0 amide bonds. The van der Waals surface area contributed by atoms with Crippen molar-refractivity contribution < 1.29 is 14.6 Å². The number of halogens is 1. The van der Waals surface area contributed by atoms with Gasteiger partial charge in [0.1, 0.15) is 11.5 Å². The van der Waals surface area contributed by atoms with Gasteiger partial charge in [-0.3, -0.25) is 4.99 Å². The van der Waals surface area contributed by atoms with Gasteiger partial charge in [0.15, 0.2) is 5.96 Å². The molecule has 3 N–H and O–H groups in total. The van der Waals surface area contributed by atoms with E-state index in [1.807, 2.05) is 6.92 Å². The molecule has 1 atom stereocenters. The number of methoxy groups -OCH3 is 2. The van der Waals surface area contributed by atoms with E-state index in [0.717, 1.165) is 6.54 Å². The highest BCUT2D eigenvalue weighted by Crippen LogP contribution is 2.26. The second-order valence-corrected chi connectivity index (χ2v) is 4.55. The number of rotatable bonds is 8. The molecule has 0 heterocycles. The number of ether oxygens (including phenoxy) is 2. The number of aliphatic hydroxyl groups is 1. The van der Waals surface area contributed by atoms with E-state index in [4.69, 9.17) is 9.47 Å². The number of nitrogens with zero attached hydrogens (tertiary/aromatic N) is 1. The zero-order chi connectivity index (χ0) is 16.4. The summed E-state index contributed by atoms with van der Waals surface area (Å²) in [5.74, 6) is 1.90. The molecule has 1 aromatic carbocycles. The Morgan fingerprint density at radius 1 is 1.26 bits per heavy atom. The van der Waals surface area contributed by atoms with Crippen LogP contribution in [0.4, 0.5) is 0 Å². The third kappa shape index (κ3) is 7.56. The monoisotopic (exact) mass is 435 g/mol. The van der Waals surface area contributed by atoms with E-state index < -0.39 is 6.10 Å². The zero-order valence-corrected chi connectivity index (χ0v) is 16.2. The topological polar surface area (TPSA) is 75.1 Å². The molecule has 1 aromatic rings. The summed E-state index contributed by atoms with van der Waals surface area (Å²) in [7, 11) is 3.15. The Morgan fingerprint density at radius 3 is 2.35 bits per heavy atom. The Bertz CT molecular complexity index is 487. The summed E-state index contributed by atoms with van der Waals surface area (Å²) in [6, 6.07) is 5.30. The normalized spacial score (nSPS) is 11.9. The molecule has 0 aliphatic rings. The highest BCUT2D eigenvalue weighted by molar-refractivity contribution is 14.0. The Hall–Kier alpha value is -1.48. The van der Waals surface area contributed by atoms with Gasteiger partial charge < -0.3 is 25.2 Å². The molecule has 1 unspecified atom stereocenters. The first-order valence-electron chi connectivity index (χ1n) is 7.18. The second kappa shape index (κ2) is 12.0. The maximum Gasteiger partial charge on any atom is 0.191 e. The standard InChI is InChI=1S/C16H25N3O3.HI/c1-5-7-18-16(17-6-2)19-11-15(20)12-8-13(21-3)10-14(9-12)22-4;/h5,8-10,15,20H,1,6-7,11H2,2-4H3,(H2,17,18,19);1H. The summed E-state index contributed by atoms with van der Waals surface area (Å²) in [6.07, 6.45) is 0.999. The molecule has 0 saturated heterocycles. The van der Waals surface area contributed by atoms with E-state index in [2.05, 4.69) is 22.2 Å². The van der Waals surface area contributed by atoms with Crippen molar-refractivity contribution in [1.29, 1.82) is 0 Å². The van der Waals surface area contributed by atoms with Gasteiger partial charge in [0.2, 0.25) is 0 Å². The number of guanidine groups is 1. The van der Waals surface area contributed by atoms with Crippen LogP contribution >= 0.6 is 24.0 Å². The molecule has 0 aromatic heterocycles. The summed E-state index contributed by atoms with van der Waals surface area (Å²) in [4.78, 5) is 4.35. The minimum Gasteiger partial charge on any atom is -0.497 e. The van der Waals surface area contributed by atoms with Gasteiger partial charge in [-0.2, -0.15) is 0 Å². The van der Waals surface area contributed by atoms with Gasteiger partial charge in [-0.25, -0.2) is 0 Å². The molecular weight excluding hydrogens is 409 g/mol. The van der Waals surface area contributed by atoms with E-state index in [1.165, 1.54) is 0 Å². The Kier molecular flexibility index (Phi) is 11.2. The van der Waals surface area contributed by atoms with Crippen LogP contribution in [0.2, 0.25) is 0 Å². The highest BCUT2D eigenvalue weighted by Gasteiger charge is 2.11. The molecule has 0 bridgehead atoms. The number of aliphatic hydroxyl groups excluding tert-OH is 1. The van der Waals surface area contributed by atoms with Crippen LogP contribution in [-0.4, -0.2) is 44.9 Å². The van der Waals surface area contributed by atoms with Gasteiger partial charge in [-0.1, -0.05) is 6.08 Å². The van der Waals surface area contributed by atoms with Crippen LogP contribution in [0.25, 0.3) is 0 Å². The third-order valence-corrected chi connectivity index (χ3v) is 2.94. The van der Waals surface area contributed by atoms with Crippen molar-refractivity contribution in [3.05, 3.63) is 36.4 Å². The van der Waals surface area contributed by atoms with Gasteiger partial charge in [0, 0.05) is 19.2 Å². The summed E-state index contributed by atoms with van der Waals surface area (Å²) >= 11 is 0. The average Bonchev–Trinajstić information content (AvgIpc) is 2.56. The number of hydrogen-bond donors (Lipinski definition) is 3. The van der Waals surface area contributed by atoms with Gasteiger partial charge in [-0.05, 0) is 24.6 Å². The third-order valence-electron chi connectivity index (χ3n) is 2.94. The fraction of sp³-hybridized carbons (Fsp3) is 0.438. The lowest BCUT2D eigenvalue weighted by Crippen LogP contribution is -2.37. The maximum atomic E-state index is 10.3. The molecule has 0 aliphatic carbocycles. The minimum atomic E-state index is -0.747. The van der Waals surface area contributed by atoms with Crippen molar-refractivity contribution >= 4 is 29.9 Å². The van der Waals surface area contributed by atoms with E-state index in [0.29, 0.717) is 29.6 Å². The smallest absolute Gasteiger partial charge is 0.191 e. The average molecular weight is 435 g/mol. The van der Waals surface area contributed by atoms with Crippen LogP contribution in [0.1, 0.15) is 18.6 Å². The SMILES string of the molecule is C=CCNC(=NCC(O)c1cc(OC)cc(OC)c1)NCC.I. The van der Waals surface area contributed by atoms with Crippen LogP contribution in [0.5, 0.6) is 11.5 Å². The van der Waals surface area contributed by atoms with Gasteiger partial charge in [-0.15, -0.1) is 30.6 Å². The summed E-state index contributed by atoms with van der Waals surface area (Å²) in [6.45, 7) is 7.21. The largest absolute Gasteiger partial charge is 0.497 e. The molecule has 0 spiro atoms. The first-order chi connectivity index (χ1) is 10.6. The van der Waals surface area contributed by atoms with Gasteiger partial charge >= 0.3 is 0 Å². The Labute approximate surface area is 155 Å². The lowest BCUT2D eigenvalue weighted by molar-refractivity contribution is 0.186. The fourth-order valence-corrected chi connectivity index (χ4v) is 1.82. The Morgan fingerprint density at radius 2 is 1.87 bits per heavy atom. The molecule has 1 rings (SSSR count). The number of nitrogens with one attached hydrogen (secondary N) is 2. The lowest BCUT2D eigenvalue weighted by Gasteiger charge is -2.14. The van der Waals surface area contributed by atoms with Crippen molar-refractivity contribution in [1.82, 2.24) is 10.6 Å². The van der Waals surface area contributed by atoms with Crippen LogP contribution in [0.15, 0.2) is 35.8 Å². The zero-order valence-electron chi connectivity index (χ0n) is 13.8. The first-order valence-corrected chi connectivity index (χ1v) is 7.18. The van der Waals surface area contributed by atoms with E-state index in [1.54, 1.807) is 38.5 Å². The molecule has 130 valence electrons. The van der Waals surface area contributed by atoms with Gasteiger partial charge in [0.25, 0.3) is 0 Å². The van der Waals surface area contributed by atoms with Crippen molar-refractivity contribution in [3.8, 4) is 11.5 Å². The number of aliphatic imine (C=N–C) groups is 1. The summed E-state index contributed by atoms with van der Waals surface area (Å²) in [5, 5.41) is 16.5. The van der Waals surface area contributed by atoms with Crippen LogP contribution in [0, 0.1) is 0 Å². The van der Waals surface area contributed by atoms with Crippen molar-refractivity contribution in [2.24, 2.45) is 4.99 Å². The quantitative estimate of drug-likeness (QED) is 0.253. The maximum absolute atomic E-state index is 10.3. The van der Waals surface area contributed by atoms with Crippen LogP contribution in [0.3, 0.4) is 0 Å². The molecule has 23 heavy (non-hydrogen) atoms. The van der Waals surface area contributed by atoms with Crippen molar-refractivity contribution in [2.75, 3.05) is 33.9 Å². The van der Waals surface area contributed by atoms with Crippen molar-refractivity contribution in [2.45, 2.75) is 13.0 Å². The first kappa shape index (κ1) is 21.5. The van der Waals surface area contributed by atoms with Crippen LogP contribution < -0.4 is 20.1 Å². The van der Waals surface area contributed by atoms with Crippen LogP contribution in [-0.2, 0) is 0 Å². The number of hydrogen-bond acceptors (Lipinski definition) is 4. The molecule has 0 radical (unpaired) electrons. The predicted octanol–water partition coefficient (Wildman–Crippen LogP) is 2.10. The second-order valence-electron chi connectivity index (χ2n) is 4.55. The fourth-order valence-electron chi connectivity index (χ4n) is 1.82. The predicted molar refractivity (Wildman–Crippen MR) is 104 cm³/mol. The molecule has 6 nitrogen and oxygen atoms in total. The molecule has 0 saturated carbocycles. The van der Waals surface area contributed by atoms with E-state index in [9.17, 15) is 5.11 Å². The number of benzene rings is 1. The summed E-state index contributed by atoms with van der Waals surface area (Å²) < 4.78 is 10.4. The Balaban J connectivity index is 0.00000484. The molecular formula is C16H26IN3O3. The van der Waals surface area contributed by atoms with Gasteiger partial charge in [0.05, 0.1) is 26.9 Å². The van der Waals surface area contributed by atoms with Crippen molar-refractivity contribution in [3.63, 3.8) is 0 Å². The molecule has 0 aliphatic heterocycles. The van der Waals surface area contributed by atoms with E-state index >= 15 is 0 Å². The minimum absolute atomic E-state index is 0. The van der Waals surface area contributed by atoms with E-state index in [-0.39, 0.29) is 30.5 Å². The highest BCUT2D eigenvalue weighted by atomic mass is 127.